The lowest BCUT2D eigenvalue weighted by Crippen LogP contribution is -2.13. The number of anilines is 2. The van der Waals surface area contributed by atoms with E-state index < -0.39 is 6.04 Å². The minimum Gasteiger partial charge on any atom is -0.379 e. The molecule has 34 heavy (non-hydrogen) atoms. The lowest BCUT2D eigenvalue weighted by molar-refractivity contribution is 0.626. The van der Waals surface area contributed by atoms with Gasteiger partial charge < -0.3 is 10.6 Å². The zero-order chi connectivity index (χ0) is 23.5. The average Bonchev–Trinajstić information content (AvgIpc) is 3.56. The van der Waals surface area contributed by atoms with Crippen molar-refractivity contribution in [1.29, 1.82) is 5.26 Å². The molecule has 0 aliphatic heterocycles. The summed E-state index contributed by atoms with van der Waals surface area (Å²) in [5.41, 5.74) is 4.88. The molecule has 0 fully saturated rings. The van der Waals surface area contributed by atoms with Crippen molar-refractivity contribution in [3.63, 3.8) is 0 Å². The number of benzene rings is 2. The Morgan fingerprint density at radius 1 is 1.21 bits per heavy atom. The SMILES string of the molecule is N#Cc1cnc2c(Cl)cc(N[C@@H](c3ccc(F)cc3)c3c[nH]nn3)cc2c1NCc1ccsc1. The van der Waals surface area contributed by atoms with Crippen LogP contribution in [0.15, 0.2) is 65.6 Å². The number of nitrogens with zero attached hydrogens (tertiary/aromatic N) is 4. The lowest BCUT2D eigenvalue weighted by atomic mass is 10.0. The number of halogens is 2. The number of hydrogen-bond acceptors (Lipinski definition) is 7. The monoisotopic (exact) mass is 489 g/mol. The molecular weight excluding hydrogens is 473 g/mol. The highest BCUT2D eigenvalue weighted by atomic mass is 35.5. The van der Waals surface area contributed by atoms with E-state index in [1.807, 2.05) is 22.9 Å². The summed E-state index contributed by atoms with van der Waals surface area (Å²) < 4.78 is 13.5. The molecule has 0 radical (unpaired) electrons. The van der Waals surface area contributed by atoms with Crippen LogP contribution in [0.1, 0.15) is 28.4 Å². The van der Waals surface area contributed by atoms with Crippen LogP contribution in [0.3, 0.4) is 0 Å². The predicted molar refractivity (Wildman–Crippen MR) is 131 cm³/mol. The van der Waals surface area contributed by atoms with Gasteiger partial charge in [0.1, 0.15) is 17.6 Å². The van der Waals surface area contributed by atoms with Crippen LogP contribution in [0, 0.1) is 17.1 Å². The van der Waals surface area contributed by atoms with Gasteiger partial charge in [0.2, 0.25) is 0 Å². The summed E-state index contributed by atoms with van der Waals surface area (Å²) in [6.07, 6.45) is 3.20. The van der Waals surface area contributed by atoms with Crippen molar-refractivity contribution in [2.75, 3.05) is 10.6 Å². The number of nitrogens with one attached hydrogen (secondary N) is 3. The second kappa shape index (κ2) is 9.47. The molecule has 3 N–H and O–H groups in total. The molecule has 5 rings (SSSR count). The van der Waals surface area contributed by atoms with Crippen LogP contribution in [0.4, 0.5) is 15.8 Å². The van der Waals surface area contributed by atoms with E-state index in [2.05, 4.69) is 37.1 Å². The minimum absolute atomic E-state index is 0.326. The van der Waals surface area contributed by atoms with E-state index in [9.17, 15) is 9.65 Å². The summed E-state index contributed by atoms with van der Waals surface area (Å²) in [4.78, 5) is 4.41. The molecule has 1 atom stereocenters. The third-order valence-corrected chi connectivity index (χ3v) is 6.36. The highest BCUT2D eigenvalue weighted by Gasteiger charge is 2.19. The number of aromatic amines is 1. The lowest BCUT2D eigenvalue weighted by Gasteiger charge is -2.20. The second-order valence-corrected chi connectivity index (χ2v) is 8.71. The van der Waals surface area contributed by atoms with Gasteiger partial charge in [-0.1, -0.05) is 28.9 Å². The Balaban J connectivity index is 1.57. The zero-order valence-electron chi connectivity index (χ0n) is 17.6. The van der Waals surface area contributed by atoms with Crippen molar-refractivity contribution in [1.82, 2.24) is 20.4 Å². The largest absolute Gasteiger partial charge is 0.379 e. The van der Waals surface area contributed by atoms with Crippen LogP contribution < -0.4 is 10.6 Å². The molecule has 0 spiro atoms. The van der Waals surface area contributed by atoms with E-state index in [-0.39, 0.29) is 5.82 Å². The molecule has 0 saturated heterocycles. The normalized spacial score (nSPS) is 11.8. The summed E-state index contributed by atoms with van der Waals surface area (Å²) in [6, 6.07) is 13.6. The number of pyridine rings is 1. The number of aromatic nitrogens is 4. The maximum atomic E-state index is 13.5. The molecule has 5 aromatic rings. The van der Waals surface area contributed by atoms with Crippen LogP contribution in [0.5, 0.6) is 0 Å². The van der Waals surface area contributed by atoms with E-state index in [4.69, 9.17) is 11.6 Å². The third-order valence-electron chi connectivity index (χ3n) is 5.34. The van der Waals surface area contributed by atoms with Gasteiger partial charge >= 0.3 is 0 Å². The maximum Gasteiger partial charge on any atom is 0.123 e. The Labute approximate surface area is 203 Å². The summed E-state index contributed by atoms with van der Waals surface area (Å²) in [5.74, 6) is -0.326. The third kappa shape index (κ3) is 4.41. The average molecular weight is 490 g/mol. The molecule has 0 unspecified atom stereocenters. The quantitative estimate of drug-likeness (QED) is 0.263. The van der Waals surface area contributed by atoms with Crippen LogP contribution >= 0.6 is 22.9 Å². The molecule has 0 aliphatic rings. The van der Waals surface area contributed by atoms with Gasteiger partial charge in [-0.25, -0.2) is 4.39 Å². The Bertz CT molecular complexity index is 1460. The van der Waals surface area contributed by atoms with Gasteiger partial charge in [0, 0.05) is 30.0 Å². The summed E-state index contributed by atoms with van der Waals surface area (Å²) in [7, 11) is 0. The van der Waals surface area contributed by atoms with Gasteiger partial charge in [0.25, 0.3) is 0 Å². The smallest absolute Gasteiger partial charge is 0.123 e. The van der Waals surface area contributed by atoms with E-state index in [1.54, 1.807) is 35.7 Å². The number of rotatable bonds is 7. The zero-order valence-corrected chi connectivity index (χ0v) is 19.2. The summed E-state index contributed by atoms with van der Waals surface area (Å²) in [6.45, 7) is 0.559. The minimum atomic E-state index is -0.415. The molecule has 10 heteroatoms. The number of H-pyrrole nitrogens is 1. The van der Waals surface area contributed by atoms with Gasteiger partial charge in [-0.15, -0.1) is 5.10 Å². The number of nitriles is 1. The van der Waals surface area contributed by atoms with Crippen LogP contribution in [-0.2, 0) is 6.54 Å². The Morgan fingerprint density at radius 3 is 2.76 bits per heavy atom. The van der Waals surface area contributed by atoms with Crippen LogP contribution in [-0.4, -0.2) is 20.4 Å². The topological polar surface area (TPSA) is 102 Å². The van der Waals surface area contributed by atoms with Gasteiger partial charge in [0.05, 0.1) is 27.8 Å². The number of thiophene rings is 1. The highest BCUT2D eigenvalue weighted by molar-refractivity contribution is 7.07. The van der Waals surface area contributed by atoms with Gasteiger partial charge in [-0.3, -0.25) is 10.1 Å². The van der Waals surface area contributed by atoms with E-state index in [0.29, 0.717) is 45.1 Å². The molecule has 7 nitrogen and oxygen atoms in total. The first kappa shape index (κ1) is 21.8. The Morgan fingerprint density at radius 2 is 2.06 bits per heavy atom. The van der Waals surface area contributed by atoms with Crippen molar-refractivity contribution in [2.24, 2.45) is 0 Å². The van der Waals surface area contributed by atoms with E-state index >= 15 is 0 Å². The van der Waals surface area contributed by atoms with Crippen molar-refractivity contribution >= 4 is 45.2 Å². The summed E-state index contributed by atoms with van der Waals surface area (Å²) in [5, 5.41) is 32.3. The molecule has 2 aromatic carbocycles. The molecule has 3 aromatic heterocycles. The van der Waals surface area contributed by atoms with Crippen molar-refractivity contribution in [3.05, 3.63) is 98.8 Å². The predicted octanol–water partition coefficient (Wildman–Crippen LogP) is 5.89. The molecule has 168 valence electrons. The number of hydrogen-bond donors (Lipinski definition) is 3. The first-order valence-electron chi connectivity index (χ1n) is 10.3. The molecule has 0 bridgehead atoms. The molecule has 3 heterocycles. The molecular formula is C24H17ClFN7S. The summed E-state index contributed by atoms with van der Waals surface area (Å²) >= 11 is 8.22. The van der Waals surface area contributed by atoms with Gasteiger partial charge in [-0.05, 0) is 52.2 Å². The maximum absolute atomic E-state index is 13.5. The first-order valence-corrected chi connectivity index (χ1v) is 11.6. The molecule has 0 aliphatic carbocycles. The van der Waals surface area contributed by atoms with Crippen LogP contribution in [0.25, 0.3) is 10.9 Å². The second-order valence-electron chi connectivity index (χ2n) is 7.53. The van der Waals surface area contributed by atoms with Crippen molar-refractivity contribution < 1.29 is 4.39 Å². The fourth-order valence-corrected chi connectivity index (χ4v) is 4.64. The van der Waals surface area contributed by atoms with E-state index in [0.717, 1.165) is 11.1 Å². The standard InChI is InChI=1S/C24H17ClFN7S/c25-20-8-18(31-23(21-12-30-33-32-21)15-1-3-17(26)4-2-15)7-19-22(16(9-27)11-29-24(19)20)28-10-14-5-6-34-13-14/h1-8,11-13,23,31H,10H2,(H,28,29)(H,30,32,33)/t23-/m0/s1. The fourth-order valence-electron chi connectivity index (χ4n) is 3.70. The first-order chi connectivity index (χ1) is 16.6. The highest BCUT2D eigenvalue weighted by Crippen LogP contribution is 2.35. The van der Waals surface area contributed by atoms with E-state index in [1.165, 1.54) is 18.3 Å². The number of fused-ring (bicyclic) bond motifs is 1. The van der Waals surface area contributed by atoms with Crippen molar-refractivity contribution in [2.45, 2.75) is 12.6 Å². The van der Waals surface area contributed by atoms with Crippen LogP contribution in [0.2, 0.25) is 5.02 Å². The molecule has 0 saturated carbocycles. The van der Waals surface area contributed by atoms with Gasteiger partial charge in [0.15, 0.2) is 0 Å². The van der Waals surface area contributed by atoms with Gasteiger partial charge in [-0.2, -0.15) is 16.6 Å². The Kier molecular flexibility index (Phi) is 6.08. The fraction of sp³-hybridized carbons (Fsp3) is 0.0833. The van der Waals surface area contributed by atoms with Crippen molar-refractivity contribution in [3.8, 4) is 6.07 Å². The molecule has 0 amide bonds. The Hall–Kier alpha value is -4.00.